The second-order valence-corrected chi connectivity index (χ2v) is 3.58. The highest BCUT2D eigenvalue weighted by Crippen LogP contribution is 2.49. The minimum atomic E-state index is -1.47. The molecule has 4 N–H and O–H groups in total. The lowest BCUT2D eigenvalue weighted by Crippen LogP contribution is -2.10. The maximum absolute atomic E-state index is 10.9. The second-order valence-electron chi connectivity index (χ2n) is 3.05. The Morgan fingerprint density at radius 3 is 2.53 bits per heavy atom. The van der Waals surface area contributed by atoms with Crippen LogP contribution < -0.4 is 5.73 Å². The fourth-order valence-electron chi connectivity index (χ4n) is 1.30. The third kappa shape index (κ3) is 1.48. The molecule has 0 unspecified atom stereocenters. The zero-order chi connectivity index (χ0) is 11.2. The zero-order valence-corrected chi connectivity index (χ0v) is 8.06. The Kier molecular flexibility index (Phi) is 1.84. The van der Waals surface area contributed by atoms with Crippen molar-refractivity contribution < 1.29 is 15.0 Å². The predicted molar refractivity (Wildman–Crippen MR) is 51.9 cm³/mol. The number of carboxylic acid groups (broad SMARTS) is 1. The Morgan fingerprint density at radius 1 is 1.47 bits per heavy atom. The number of nitrogens with two attached hydrogens (primary N) is 1. The predicted octanol–water partition coefficient (Wildman–Crippen LogP) is 1.49. The molecule has 0 fully saturated rings. The quantitative estimate of drug-likeness (QED) is 0.404. The van der Waals surface area contributed by atoms with E-state index in [0.717, 1.165) is 0 Å². The van der Waals surface area contributed by atoms with E-state index in [4.69, 9.17) is 22.4 Å². The van der Waals surface area contributed by atoms with Gasteiger partial charge in [0.25, 0.3) is 5.12 Å². The van der Waals surface area contributed by atoms with Gasteiger partial charge in [-0.25, -0.2) is 4.79 Å². The SMILES string of the molecule is Nc1cc(O)c(C2(Cl)N=N2)c(C(=O)O)c1. The van der Waals surface area contributed by atoms with Gasteiger partial charge >= 0.3 is 5.97 Å². The highest BCUT2D eigenvalue weighted by Gasteiger charge is 2.45. The Morgan fingerprint density at radius 2 is 2.07 bits per heavy atom. The molecule has 6 nitrogen and oxygen atoms in total. The first-order valence-electron chi connectivity index (χ1n) is 3.93. The molecule has 0 aromatic heterocycles. The molecular formula is C8H6ClN3O3. The summed E-state index contributed by atoms with van der Waals surface area (Å²) in [6, 6.07) is 2.40. The van der Waals surface area contributed by atoms with Crippen molar-refractivity contribution in [1.82, 2.24) is 0 Å². The average Bonchev–Trinajstić information content (AvgIpc) is 2.82. The molecule has 1 heterocycles. The highest BCUT2D eigenvalue weighted by atomic mass is 35.5. The van der Waals surface area contributed by atoms with Gasteiger partial charge in [0.15, 0.2) is 0 Å². The number of alkyl halides is 1. The van der Waals surface area contributed by atoms with E-state index in [1.54, 1.807) is 0 Å². The van der Waals surface area contributed by atoms with Gasteiger partial charge in [0, 0.05) is 11.8 Å². The van der Waals surface area contributed by atoms with Gasteiger partial charge in [0.05, 0.1) is 11.1 Å². The molecule has 0 bridgehead atoms. The highest BCUT2D eigenvalue weighted by molar-refractivity contribution is 6.25. The van der Waals surface area contributed by atoms with E-state index in [2.05, 4.69) is 10.2 Å². The molecule has 0 saturated heterocycles. The van der Waals surface area contributed by atoms with Crippen molar-refractivity contribution in [3.05, 3.63) is 23.3 Å². The number of anilines is 1. The number of halogens is 1. The average molecular weight is 228 g/mol. The van der Waals surface area contributed by atoms with Crippen LogP contribution >= 0.6 is 11.6 Å². The van der Waals surface area contributed by atoms with Crippen molar-refractivity contribution in [3.63, 3.8) is 0 Å². The number of hydrogen-bond donors (Lipinski definition) is 3. The van der Waals surface area contributed by atoms with Crippen molar-refractivity contribution in [3.8, 4) is 5.75 Å². The number of aromatic carboxylic acids is 1. The summed E-state index contributed by atoms with van der Waals surface area (Å²) in [6.07, 6.45) is 0. The van der Waals surface area contributed by atoms with Crippen LogP contribution in [0, 0.1) is 0 Å². The smallest absolute Gasteiger partial charge is 0.336 e. The molecule has 2 rings (SSSR count). The second kappa shape index (κ2) is 2.83. The lowest BCUT2D eigenvalue weighted by atomic mass is 10.0. The summed E-state index contributed by atoms with van der Waals surface area (Å²) in [5, 5.41) is 23.9. The van der Waals surface area contributed by atoms with Gasteiger partial charge in [-0.2, -0.15) is 0 Å². The molecule has 0 spiro atoms. The van der Waals surface area contributed by atoms with Gasteiger partial charge in [0.1, 0.15) is 5.75 Å². The molecule has 1 aliphatic heterocycles. The summed E-state index contributed by atoms with van der Waals surface area (Å²) in [5.74, 6) is -1.57. The molecule has 0 amide bonds. The minimum absolute atomic E-state index is 0.0501. The van der Waals surface area contributed by atoms with Crippen molar-refractivity contribution in [2.24, 2.45) is 10.2 Å². The molecule has 1 aliphatic rings. The molecule has 1 aromatic carbocycles. The van der Waals surface area contributed by atoms with Crippen LogP contribution in [-0.2, 0) is 5.12 Å². The number of hydrogen-bond acceptors (Lipinski definition) is 5. The van der Waals surface area contributed by atoms with Crippen LogP contribution in [0.25, 0.3) is 0 Å². The maximum atomic E-state index is 10.9. The first-order valence-corrected chi connectivity index (χ1v) is 4.31. The van der Waals surface area contributed by atoms with E-state index in [1.807, 2.05) is 0 Å². The molecule has 0 saturated carbocycles. The zero-order valence-electron chi connectivity index (χ0n) is 7.31. The van der Waals surface area contributed by atoms with Crippen LogP contribution in [0.4, 0.5) is 5.69 Å². The Hall–Kier alpha value is -1.82. The Bertz CT molecular complexity index is 480. The van der Waals surface area contributed by atoms with Crippen LogP contribution in [0.15, 0.2) is 22.4 Å². The summed E-state index contributed by atoms with van der Waals surface area (Å²) in [4.78, 5) is 10.9. The number of phenolic OH excluding ortho intramolecular Hbond substituents is 1. The van der Waals surface area contributed by atoms with Crippen molar-refractivity contribution in [2.45, 2.75) is 5.12 Å². The van der Waals surface area contributed by atoms with Crippen LogP contribution in [0.5, 0.6) is 5.75 Å². The van der Waals surface area contributed by atoms with Gasteiger partial charge in [-0.05, 0) is 6.07 Å². The largest absolute Gasteiger partial charge is 0.507 e. The molecular weight excluding hydrogens is 222 g/mol. The summed E-state index contributed by atoms with van der Waals surface area (Å²) in [6.45, 7) is 0. The van der Waals surface area contributed by atoms with Gasteiger partial charge in [-0.1, -0.05) is 11.6 Å². The molecule has 15 heavy (non-hydrogen) atoms. The van der Waals surface area contributed by atoms with E-state index in [1.165, 1.54) is 12.1 Å². The van der Waals surface area contributed by atoms with E-state index in [9.17, 15) is 9.90 Å². The van der Waals surface area contributed by atoms with E-state index < -0.39 is 11.1 Å². The number of carboxylic acids is 1. The minimum Gasteiger partial charge on any atom is -0.507 e. The summed E-state index contributed by atoms with van der Waals surface area (Å²) >= 11 is 5.78. The monoisotopic (exact) mass is 227 g/mol. The third-order valence-electron chi connectivity index (χ3n) is 1.96. The molecule has 1 aromatic rings. The number of nitrogen functional groups attached to an aromatic ring is 1. The number of aromatic hydroxyl groups is 1. The fourth-order valence-corrected chi connectivity index (χ4v) is 1.53. The normalized spacial score (nSPS) is 16.3. The van der Waals surface area contributed by atoms with Gasteiger partial charge in [-0.3, -0.25) is 0 Å². The first-order chi connectivity index (χ1) is 6.94. The van der Waals surface area contributed by atoms with Crippen molar-refractivity contribution in [2.75, 3.05) is 5.73 Å². The summed E-state index contributed by atoms with van der Waals surface area (Å²) in [5.41, 5.74) is 5.28. The van der Waals surface area contributed by atoms with Gasteiger partial charge in [0.2, 0.25) is 0 Å². The molecule has 78 valence electrons. The number of rotatable bonds is 2. The topological polar surface area (TPSA) is 108 Å². The van der Waals surface area contributed by atoms with Crippen molar-refractivity contribution in [1.29, 1.82) is 0 Å². The van der Waals surface area contributed by atoms with Crippen LogP contribution in [0.2, 0.25) is 0 Å². The molecule has 0 aliphatic carbocycles. The lowest BCUT2D eigenvalue weighted by Gasteiger charge is -2.10. The van der Waals surface area contributed by atoms with Gasteiger partial charge in [-0.15, -0.1) is 10.2 Å². The summed E-state index contributed by atoms with van der Waals surface area (Å²) in [7, 11) is 0. The Labute approximate surface area is 89.0 Å². The summed E-state index contributed by atoms with van der Waals surface area (Å²) < 4.78 is 0. The molecule has 7 heteroatoms. The lowest BCUT2D eigenvalue weighted by molar-refractivity contribution is 0.0694. The number of carbonyl (C=O) groups is 1. The van der Waals surface area contributed by atoms with E-state index >= 15 is 0 Å². The third-order valence-corrected chi connectivity index (χ3v) is 2.30. The number of phenols is 1. The van der Waals surface area contributed by atoms with Crippen LogP contribution in [-0.4, -0.2) is 16.2 Å². The molecule has 0 radical (unpaired) electrons. The van der Waals surface area contributed by atoms with E-state index in [-0.39, 0.29) is 22.6 Å². The van der Waals surface area contributed by atoms with E-state index in [0.29, 0.717) is 0 Å². The van der Waals surface area contributed by atoms with Gasteiger partial charge < -0.3 is 15.9 Å². The number of nitrogens with zero attached hydrogens (tertiary/aromatic N) is 2. The van der Waals surface area contributed by atoms with Crippen LogP contribution in [0.1, 0.15) is 15.9 Å². The Balaban J connectivity index is 2.65. The maximum Gasteiger partial charge on any atom is 0.336 e. The molecule has 0 atom stereocenters. The fraction of sp³-hybridized carbons (Fsp3) is 0.125. The standard InChI is InChI=1S/C8H6ClN3O3/c9-8(11-12-8)6-4(7(14)15)1-3(10)2-5(6)13/h1-2,13H,10H2,(H,14,15). The van der Waals surface area contributed by atoms with Crippen molar-refractivity contribution >= 4 is 23.3 Å². The number of benzene rings is 1. The van der Waals surface area contributed by atoms with Crippen LogP contribution in [0.3, 0.4) is 0 Å². The first kappa shape index (κ1) is 9.72.